The highest BCUT2D eigenvalue weighted by Gasteiger charge is 2.18. The lowest BCUT2D eigenvalue weighted by Crippen LogP contribution is -2.30. The third-order valence-corrected chi connectivity index (χ3v) is 5.42. The van der Waals surface area contributed by atoms with Crippen molar-refractivity contribution < 1.29 is 4.74 Å². The molecule has 1 saturated heterocycles. The Hall–Kier alpha value is -2.09. The van der Waals surface area contributed by atoms with E-state index in [0.717, 1.165) is 44.4 Å². The van der Waals surface area contributed by atoms with Crippen LogP contribution in [0.5, 0.6) is 6.01 Å². The summed E-state index contributed by atoms with van der Waals surface area (Å²) in [4.78, 5) is 16.2. The smallest absolute Gasteiger partial charge is 0.298 e. The molecule has 2 aromatic rings. The molecular formula is C20H35N7O. The number of nitrogen functional groups attached to an aromatic ring is 1. The van der Waals surface area contributed by atoms with Gasteiger partial charge in [-0.2, -0.15) is 15.0 Å². The minimum Gasteiger partial charge on any atom is -0.468 e. The summed E-state index contributed by atoms with van der Waals surface area (Å²) in [6.45, 7) is 8.76. The van der Waals surface area contributed by atoms with E-state index in [1.54, 1.807) is 7.11 Å². The molecular weight excluding hydrogens is 354 g/mol. The van der Waals surface area contributed by atoms with E-state index < -0.39 is 0 Å². The predicted octanol–water partition coefficient (Wildman–Crippen LogP) is 3.28. The van der Waals surface area contributed by atoms with Crippen molar-refractivity contribution in [3.8, 4) is 6.01 Å². The molecule has 0 spiro atoms. The maximum atomic E-state index is 6.17. The molecule has 156 valence electrons. The van der Waals surface area contributed by atoms with E-state index in [4.69, 9.17) is 15.5 Å². The molecule has 3 heterocycles. The number of rotatable bonds is 10. The van der Waals surface area contributed by atoms with Crippen molar-refractivity contribution in [3.63, 3.8) is 0 Å². The molecule has 0 amide bonds. The molecule has 0 bridgehead atoms. The zero-order valence-corrected chi connectivity index (χ0v) is 17.6. The van der Waals surface area contributed by atoms with E-state index in [9.17, 15) is 0 Å². The van der Waals surface area contributed by atoms with Crippen molar-refractivity contribution in [1.82, 2.24) is 24.4 Å². The van der Waals surface area contributed by atoms with Crippen molar-refractivity contribution >= 4 is 22.9 Å². The molecule has 8 nitrogen and oxygen atoms in total. The number of nitrogens with one attached hydrogen (secondary N) is 1. The number of aromatic nitrogens is 4. The van der Waals surface area contributed by atoms with Gasteiger partial charge in [0.05, 0.1) is 7.11 Å². The second kappa shape index (κ2) is 9.91. The van der Waals surface area contributed by atoms with Crippen LogP contribution in [0.25, 0.3) is 11.2 Å². The number of nitrogens with two attached hydrogens (primary N) is 1. The van der Waals surface area contributed by atoms with Gasteiger partial charge in [-0.3, -0.25) is 4.57 Å². The second-order valence-corrected chi connectivity index (χ2v) is 7.80. The Labute approximate surface area is 167 Å². The third-order valence-electron chi connectivity index (χ3n) is 5.42. The van der Waals surface area contributed by atoms with Crippen LogP contribution in [-0.4, -0.2) is 57.2 Å². The van der Waals surface area contributed by atoms with Crippen LogP contribution in [-0.2, 0) is 6.54 Å². The van der Waals surface area contributed by atoms with Crippen LogP contribution in [0.3, 0.4) is 0 Å². The number of hydrogen-bond acceptors (Lipinski definition) is 7. The Kier molecular flexibility index (Phi) is 7.30. The summed E-state index contributed by atoms with van der Waals surface area (Å²) < 4.78 is 7.52. The number of fused-ring (bicyclic) bond motifs is 1. The molecule has 1 aliphatic heterocycles. The fraction of sp³-hybridized carbons (Fsp3) is 0.750. The van der Waals surface area contributed by atoms with E-state index in [2.05, 4.69) is 34.0 Å². The number of hydrogen-bond donors (Lipinski definition) is 2. The third kappa shape index (κ3) is 5.04. The van der Waals surface area contributed by atoms with Crippen molar-refractivity contribution in [2.75, 3.05) is 37.8 Å². The van der Waals surface area contributed by atoms with E-state index in [1.807, 2.05) is 4.57 Å². The monoisotopic (exact) mass is 389 g/mol. The fourth-order valence-electron chi connectivity index (χ4n) is 3.94. The van der Waals surface area contributed by atoms with Crippen LogP contribution >= 0.6 is 0 Å². The van der Waals surface area contributed by atoms with Gasteiger partial charge in [0, 0.05) is 12.6 Å². The predicted molar refractivity (Wildman–Crippen MR) is 114 cm³/mol. The van der Waals surface area contributed by atoms with E-state index in [1.165, 1.54) is 32.4 Å². The van der Waals surface area contributed by atoms with Gasteiger partial charge in [-0.25, -0.2) is 0 Å². The molecule has 8 heteroatoms. The first kappa shape index (κ1) is 20.6. The first-order chi connectivity index (χ1) is 13.6. The van der Waals surface area contributed by atoms with Gasteiger partial charge in [0.25, 0.3) is 6.01 Å². The highest BCUT2D eigenvalue weighted by molar-refractivity contribution is 5.84. The molecule has 1 atom stereocenters. The molecule has 1 aliphatic rings. The Morgan fingerprint density at radius 3 is 2.57 bits per heavy atom. The lowest BCUT2D eigenvalue weighted by molar-refractivity contribution is 0.223. The summed E-state index contributed by atoms with van der Waals surface area (Å²) >= 11 is 0. The standard InChI is InChI=1S/C20H35N7O/c1-4-10-15(2)22-19-24-17(21)16-18(25-19)27(20(23-16)28-3)14-9-8-13-26-11-6-5-7-12-26/h15H,4-14H2,1-3H3,(H3,21,22,24,25)/t15-/m1/s1. The first-order valence-corrected chi connectivity index (χ1v) is 10.7. The molecule has 2 aromatic heterocycles. The average Bonchev–Trinajstić information content (AvgIpc) is 3.04. The van der Waals surface area contributed by atoms with E-state index in [-0.39, 0.29) is 0 Å². The molecule has 0 aliphatic carbocycles. The van der Waals surface area contributed by atoms with Crippen LogP contribution in [0.1, 0.15) is 58.8 Å². The topological polar surface area (TPSA) is 94.1 Å². The van der Waals surface area contributed by atoms with Gasteiger partial charge in [-0.1, -0.05) is 19.8 Å². The number of anilines is 2. The minimum absolute atomic E-state index is 0.296. The Morgan fingerprint density at radius 1 is 1.11 bits per heavy atom. The highest BCUT2D eigenvalue weighted by atomic mass is 16.5. The van der Waals surface area contributed by atoms with Gasteiger partial charge in [-0.05, 0) is 58.7 Å². The quantitative estimate of drug-likeness (QED) is 0.602. The SMILES string of the molecule is CCC[C@@H](C)Nc1nc(N)c2nc(OC)n(CCCCN3CCCCC3)c2n1. The van der Waals surface area contributed by atoms with Gasteiger partial charge in [0.2, 0.25) is 5.95 Å². The van der Waals surface area contributed by atoms with Crippen LogP contribution in [0.4, 0.5) is 11.8 Å². The number of likely N-dealkylation sites (tertiary alicyclic amines) is 1. The molecule has 0 aromatic carbocycles. The lowest BCUT2D eigenvalue weighted by Gasteiger charge is -2.26. The average molecular weight is 390 g/mol. The van der Waals surface area contributed by atoms with E-state index in [0.29, 0.717) is 29.3 Å². The number of unbranched alkanes of at least 4 members (excludes halogenated alkanes) is 1. The molecule has 28 heavy (non-hydrogen) atoms. The Bertz CT molecular complexity index is 755. The van der Waals surface area contributed by atoms with Crippen LogP contribution in [0, 0.1) is 0 Å². The van der Waals surface area contributed by atoms with Gasteiger partial charge in [-0.15, -0.1) is 0 Å². The molecule has 0 unspecified atom stereocenters. The van der Waals surface area contributed by atoms with Crippen molar-refractivity contribution in [2.24, 2.45) is 0 Å². The molecule has 3 N–H and O–H groups in total. The maximum absolute atomic E-state index is 6.17. The minimum atomic E-state index is 0.296. The summed E-state index contributed by atoms with van der Waals surface area (Å²) in [5, 5.41) is 3.35. The summed E-state index contributed by atoms with van der Waals surface area (Å²) in [5.74, 6) is 0.949. The highest BCUT2D eigenvalue weighted by Crippen LogP contribution is 2.25. The zero-order valence-electron chi connectivity index (χ0n) is 17.6. The molecule has 1 fully saturated rings. The van der Waals surface area contributed by atoms with Gasteiger partial charge in [0.1, 0.15) is 0 Å². The lowest BCUT2D eigenvalue weighted by atomic mass is 10.1. The maximum Gasteiger partial charge on any atom is 0.298 e. The van der Waals surface area contributed by atoms with Crippen LogP contribution in [0.2, 0.25) is 0 Å². The second-order valence-electron chi connectivity index (χ2n) is 7.80. The number of imidazole rings is 1. The Balaban J connectivity index is 1.70. The largest absolute Gasteiger partial charge is 0.468 e. The molecule has 3 rings (SSSR count). The van der Waals surface area contributed by atoms with Crippen molar-refractivity contribution in [2.45, 2.75) is 71.4 Å². The molecule has 0 radical (unpaired) electrons. The fourth-order valence-corrected chi connectivity index (χ4v) is 3.94. The van der Waals surface area contributed by atoms with Gasteiger partial charge >= 0.3 is 0 Å². The van der Waals surface area contributed by atoms with Crippen LogP contribution in [0.15, 0.2) is 0 Å². The van der Waals surface area contributed by atoms with Gasteiger partial charge in [0.15, 0.2) is 17.0 Å². The Morgan fingerprint density at radius 2 is 1.86 bits per heavy atom. The summed E-state index contributed by atoms with van der Waals surface area (Å²) in [6.07, 6.45) is 8.42. The number of methoxy groups -OCH3 is 1. The van der Waals surface area contributed by atoms with Crippen LogP contribution < -0.4 is 15.8 Å². The first-order valence-electron chi connectivity index (χ1n) is 10.7. The molecule has 0 saturated carbocycles. The summed E-state index contributed by atoms with van der Waals surface area (Å²) in [7, 11) is 1.64. The number of nitrogens with zero attached hydrogens (tertiary/aromatic N) is 5. The summed E-state index contributed by atoms with van der Waals surface area (Å²) in [6, 6.07) is 0.845. The summed E-state index contributed by atoms with van der Waals surface area (Å²) in [5.41, 5.74) is 7.52. The number of aryl methyl sites for hydroxylation is 1. The normalized spacial score (nSPS) is 16.4. The number of piperidine rings is 1. The number of ether oxygens (including phenoxy) is 1. The van der Waals surface area contributed by atoms with Crippen molar-refractivity contribution in [3.05, 3.63) is 0 Å². The zero-order chi connectivity index (χ0) is 19.9. The van der Waals surface area contributed by atoms with E-state index >= 15 is 0 Å². The van der Waals surface area contributed by atoms with Crippen molar-refractivity contribution in [1.29, 1.82) is 0 Å². The van der Waals surface area contributed by atoms with Gasteiger partial charge < -0.3 is 20.7 Å².